The SMILES string of the molecule is COC(=O)c1ccc2nc(N3C[C@H]4C[C@@H](C3)O4)ccc2c1. The van der Waals surface area contributed by atoms with E-state index in [1.54, 1.807) is 6.07 Å². The lowest BCUT2D eigenvalue weighted by atomic mass is 9.99. The summed E-state index contributed by atoms with van der Waals surface area (Å²) in [4.78, 5) is 18.5. The van der Waals surface area contributed by atoms with Gasteiger partial charge in [0.25, 0.3) is 0 Å². The highest BCUT2D eigenvalue weighted by Gasteiger charge is 2.38. The molecule has 0 N–H and O–H groups in total. The van der Waals surface area contributed by atoms with E-state index in [4.69, 9.17) is 14.5 Å². The zero-order valence-electron chi connectivity index (χ0n) is 11.8. The van der Waals surface area contributed by atoms with Gasteiger partial charge < -0.3 is 14.4 Å². The number of ether oxygens (including phenoxy) is 2. The molecule has 0 unspecified atom stereocenters. The van der Waals surface area contributed by atoms with Gasteiger partial charge in [-0.1, -0.05) is 0 Å². The Bertz CT molecular complexity index is 700. The van der Waals surface area contributed by atoms with Crippen LogP contribution in [-0.4, -0.2) is 43.4 Å². The number of methoxy groups -OCH3 is 1. The Kier molecular flexibility index (Phi) is 2.82. The largest absolute Gasteiger partial charge is 0.465 e. The molecule has 3 fully saturated rings. The number of morpholine rings is 1. The third kappa shape index (κ3) is 2.14. The van der Waals surface area contributed by atoms with Crippen LogP contribution >= 0.6 is 0 Å². The number of rotatable bonds is 2. The van der Waals surface area contributed by atoms with Gasteiger partial charge in [0, 0.05) is 24.9 Å². The first-order valence-electron chi connectivity index (χ1n) is 7.12. The monoisotopic (exact) mass is 284 g/mol. The number of piperidine rings is 1. The summed E-state index contributed by atoms with van der Waals surface area (Å²) in [6, 6.07) is 9.45. The van der Waals surface area contributed by atoms with Crippen molar-refractivity contribution in [2.75, 3.05) is 25.1 Å². The molecule has 3 saturated heterocycles. The number of fused-ring (bicyclic) bond motifs is 3. The van der Waals surface area contributed by atoms with E-state index in [1.165, 1.54) is 13.5 Å². The van der Waals surface area contributed by atoms with Crippen molar-refractivity contribution in [3.8, 4) is 0 Å². The predicted octanol–water partition coefficient (Wildman–Crippen LogP) is 2.00. The Morgan fingerprint density at radius 1 is 1.29 bits per heavy atom. The zero-order valence-corrected chi connectivity index (χ0v) is 11.8. The third-order valence-electron chi connectivity index (χ3n) is 4.18. The van der Waals surface area contributed by atoms with Crippen LogP contribution in [0.5, 0.6) is 0 Å². The molecule has 1 aromatic heterocycles. The fourth-order valence-corrected chi connectivity index (χ4v) is 3.08. The molecular formula is C16H16N2O3. The minimum atomic E-state index is -0.325. The van der Waals surface area contributed by atoms with Crippen LogP contribution in [-0.2, 0) is 9.47 Å². The van der Waals surface area contributed by atoms with Gasteiger partial charge in [0.1, 0.15) is 5.82 Å². The van der Waals surface area contributed by atoms with Crippen LogP contribution in [0.1, 0.15) is 16.8 Å². The first-order valence-corrected chi connectivity index (χ1v) is 7.12. The minimum absolute atomic E-state index is 0.325. The Labute approximate surface area is 122 Å². The number of hydrogen-bond acceptors (Lipinski definition) is 5. The number of aromatic nitrogens is 1. The minimum Gasteiger partial charge on any atom is -0.465 e. The van der Waals surface area contributed by atoms with Gasteiger partial charge >= 0.3 is 5.97 Å². The van der Waals surface area contributed by atoms with Crippen LogP contribution in [0.4, 0.5) is 5.82 Å². The molecule has 108 valence electrons. The summed E-state index contributed by atoms with van der Waals surface area (Å²) >= 11 is 0. The number of carbonyl (C=O) groups is 1. The molecule has 2 aromatic rings. The van der Waals surface area contributed by atoms with Crippen molar-refractivity contribution in [3.05, 3.63) is 35.9 Å². The molecule has 3 aliphatic rings. The molecule has 3 aliphatic heterocycles. The lowest BCUT2D eigenvalue weighted by molar-refractivity contribution is -0.133. The molecule has 0 radical (unpaired) electrons. The van der Waals surface area contributed by atoms with Crippen LogP contribution < -0.4 is 4.90 Å². The first-order chi connectivity index (χ1) is 10.2. The Morgan fingerprint density at radius 3 is 2.76 bits per heavy atom. The van der Waals surface area contributed by atoms with E-state index in [1.807, 2.05) is 24.3 Å². The average Bonchev–Trinajstić information content (AvgIpc) is 2.52. The lowest BCUT2D eigenvalue weighted by Gasteiger charge is -2.47. The highest BCUT2D eigenvalue weighted by atomic mass is 16.5. The normalized spacial score (nSPS) is 23.8. The molecule has 2 bridgehead atoms. The quantitative estimate of drug-likeness (QED) is 0.789. The van der Waals surface area contributed by atoms with Crippen LogP contribution in [0.25, 0.3) is 10.9 Å². The second-order valence-corrected chi connectivity index (χ2v) is 5.59. The van der Waals surface area contributed by atoms with Gasteiger partial charge in [-0.3, -0.25) is 0 Å². The van der Waals surface area contributed by atoms with E-state index >= 15 is 0 Å². The van der Waals surface area contributed by atoms with Gasteiger partial charge in [-0.25, -0.2) is 9.78 Å². The van der Waals surface area contributed by atoms with Crippen LogP contribution in [0, 0.1) is 0 Å². The summed E-state index contributed by atoms with van der Waals surface area (Å²) in [5.74, 6) is 0.653. The second kappa shape index (κ2) is 4.70. The van der Waals surface area contributed by atoms with Crippen molar-refractivity contribution >= 4 is 22.7 Å². The summed E-state index contributed by atoms with van der Waals surface area (Å²) in [7, 11) is 1.39. The maximum Gasteiger partial charge on any atom is 0.337 e. The maximum absolute atomic E-state index is 11.5. The van der Waals surface area contributed by atoms with Crippen molar-refractivity contribution in [3.63, 3.8) is 0 Å². The molecule has 0 saturated carbocycles. The van der Waals surface area contributed by atoms with E-state index in [0.29, 0.717) is 17.8 Å². The van der Waals surface area contributed by atoms with Crippen LogP contribution in [0.2, 0.25) is 0 Å². The summed E-state index contributed by atoms with van der Waals surface area (Å²) in [6.07, 6.45) is 1.90. The summed E-state index contributed by atoms with van der Waals surface area (Å²) in [6.45, 7) is 1.82. The fourth-order valence-electron chi connectivity index (χ4n) is 3.08. The number of nitrogens with zero attached hydrogens (tertiary/aromatic N) is 2. The fraction of sp³-hybridized carbons (Fsp3) is 0.375. The molecule has 1 aromatic carbocycles. The smallest absolute Gasteiger partial charge is 0.337 e. The van der Waals surface area contributed by atoms with Gasteiger partial charge in [0.05, 0.1) is 30.4 Å². The molecule has 21 heavy (non-hydrogen) atoms. The summed E-state index contributed by atoms with van der Waals surface area (Å²) in [5.41, 5.74) is 1.44. The molecule has 5 heteroatoms. The van der Waals surface area contributed by atoms with Gasteiger partial charge in [-0.05, 0) is 30.3 Å². The molecule has 0 amide bonds. The highest BCUT2D eigenvalue weighted by molar-refractivity contribution is 5.94. The Hall–Kier alpha value is -2.14. The Balaban J connectivity index is 1.65. The van der Waals surface area contributed by atoms with E-state index < -0.39 is 0 Å². The summed E-state index contributed by atoms with van der Waals surface area (Å²) in [5, 5.41) is 0.945. The van der Waals surface area contributed by atoms with E-state index in [9.17, 15) is 4.79 Å². The number of anilines is 1. The molecular weight excluding hydrogens is 268 g/mol. The van der Waals surface area contributed by atoms with Gasteiger partial charge in [0.15, 0.2) is 0 Å². The van der Waals surface area contributed by atoms with Crippen molar-refractivity contribution in [1.82, 2.24) is 4.98 Å². The number of hydrogen-bond donors (Lipinski definition) is 0. The predicted molar refractivity (Wildman–Crippen MR) is 78.6 cm³/mol. The molecule has 0 aliphatic carbocycles. The van der Waals surface area contributed by atoms with Gasteiger partial charge in [-0.15, -0.1) is 0 Å². The first kappa shape index (κ1) is 12.6. The maximum atomic E-state index is 11.5. The van der Waals surface area contributed by atoms with Crippen molar-refractivity contribution in [2.24, 2.45) is 0 Å². The average molecular weight is 284 g/mol. The van der Waals surface area contributed by atoms with Crippen LogP contribution in [0.15, 0.2) is 30.3 Å². The number of pyridine rings is 1. The van der Waals surface area contributed by atoms with Crippen molar-refractivity contribution in [1.29, 1.82) is 0 Å². The number of benzene rings is 1. The second-order valence-electron chi connectivity index (χ2n) is 5.59. The van der Waals surface area contributed by atoms with E-state index in [0.717, 1.165) is 29.8 Å². The standard InChI is InChI=1S/C16H16N2O3/c1-20-16(19)11-2-4-14-10(6-11)3-5-15(17-14)18-8-12-7-13(9-18)21-12/h2-6,12-13H,7-9H2,1H3/t12-,13+. The van der Waals surface area contributed by atoms with Gasteiger partial charge in [0.2, 0.25) is 0 Å². The molecule has 5 rings (SSSR count). The molecule has 0 spiro atoms. The van der Waals surface area contributed by atoms with E-state index in [-0.39, 0.29) is 5.97 Å². The summed E-state index contributed by atoms with van der Waals surface area (Å²) < 4.78 is 10.4. The van der Waals surface area contributed by atoms with E-state index in [2.05, 4.69) is 4.90 Å². The molecule has 2 atom stereocenters. The van der Waals surface area contributed by atoms with Gasteiger partial charge in [-0.2, -0.15) is 0 Å². The number of esters is 1. The number of carbonyl (C=O) groups excluding carboxylic acids is 1. The Morgan fingerprint density at radius 2 is 2.05 bits per heavy atom. The van der Waals surface area contributed by atoms with Crippen molar-refractivity contribution in [2.45, 2.75) is 18.6 Å². The lowest BCUT2D eigenvalue weighted by Crippen LogP contribution is -2.57. The third-order valence-corrected chi connectivity index (χ3v) is 4.18. The molecule has 5 nitrogen and oxygen atoms in total. The topological polar surface area (TPSA) is 51.7 Å². The molecule has 4 heterocycles. The van der Waals surface area contributed by atoms with Crippen molar-refractivity contribution < 1.29 is 14.3 Å². The zero-order chi connectivity index (χ0) is 14.4. The highest BCUT2D eigenvalue weighted by Crippen LogP contribution is 2.31. The van der Waals surface area contributed by atoms with Crippen LogP contribution in [0.3, 0.4) is 0 Å².